The first-order valence-corrected chi connectivity index (χ1v) is 11.8. The van der Waals surface area contributed by atoms with Crippen LogP contribution in [0.15, 0.2) is 48.5 Å². The molecule has 2 atom stereocenters. The van der Waals surface area contributed by atoms with E-state index < -0.39 is 34.0 Å². The van der Waals surface area contributed by atoms with E-state index in [0.717, 1.165) is 4.90 Å². The minimum Gasteiger partial charge on any atom is -0.495 e. The molecule has 1 N–H and O–H groups in total. The summed E-state index contributed by atoms with van der Waals surface area (Å²) >= 11 is 6.07. The van der Waals surface area contributed by atoms with Crippen molar-refractivity contribution in [3.05, 3.63) is 59.1 Å². The van der Waals surface area contributed by atoms with Gasteiger partial charge in [0.05, 0.1) is 18.6 Å². The number of urea groups is 1. The van der Waals surface area contributed by atoms with Crippen LogP contribution >= 0.6 is 11.6 Å². The van der Waals surface area contributed by atoms with Crippen LogP contribution in [0.2, 0.25) is 5.02 Å². The molecular weight excluding hydrogens is 442 g/mol. The Morgan fingerprint density at radius 2 is 1.90 bits per heavy atom. The van der Waals surface area contributed by atoms with Gasteiger partial charge in [-0.15, -0.1) is 0 Å². The highest BCUT2D eigenvalue weighted by Crippen LogP contribution is 2.37. The fraction of sp³-hybridized carbons (Fsp3) is 0.333. The van der Waals surface area contributed by atoms with Crippen LogP contribution in [0, 0.1) is 0 Å². The number of carbonyl (C=O) groups is 2. The number of piperidine rings is 1. The SMILES string of the molecule is COc1ccc(Cl)cc1N1C(=O)C2CC(NS(=O)(=O)Cc3ccccc3)CCN2C1=O. The number of fused-ring (bicyclic) bond motifs is 1. The zero-order valence-electron chi connectivity index (χ0n) is 16.8. The van der Waals surface area contributed by atoms with Crippen LogP contribution in [-0.2, 0) is 20.6 Å². The van der Waals surface area contributed by atoms with Crippen LogP contribution in [0.3, 0.4) is 0 Å². The number of rotatable bonds is 6. The number of carbonyl (C=O) groups excluding carboxylic acids is 2. The molecule has 8 nitrogen and oxygen atoms in total. The number of imide groups is 1. The highest BCUT2D eigenvalue weighted by atomic mass is 35.5. The number of ether oxygens (including phenoxy) is 1. The third-order valence-electron chi connectivity index (χ3n) is 5.47. The third-order valence-corrected chi connectivity index (χ3v) is 7.11. The van der Waals surface area contributed by atoms with E-state index in [1.54, 1.807) is 36.4 Å². The second-order valence-corrected chi connectivity index (χ2v) is 9.76. The van der Waals surface area contributed by atoms with E-state index in [0.29, 0.717) is 22.8 Å². The largest absolute Gasteiger partial charge is 0.495 e. The first-order valence-electron chi connectivity index (χ1n) is 9.81. The predicted octanol–water partition coefficient (Wildman–Crippen LogP) is 2.77. The molecule has 0 radical (unpaired) electrons. The molecule has 0 spiro atoms. The first-order chi connectivity index (χ1) is 14.8. The monoisotopic (exact) mass is 463 g/mol. The molecule has 164 valence electrons. The maximum absolute atomic E-state index is 13.1. The molecular formula is C21H22ClN3O5S. The Morgan fingerprint density at radius 3 is 2.61 bits per heavy atom. The molecule has 0 bridgehead atoms. The van der Waals surface area contributed by atoms with E-state index in [2.05, 4.69) is 4.72 Å². The van der Waals surface area contributed by atoms with E-state index in [4.69, 9.17) is 16.3 Å². The number of anilines is 1. The highest BCUT2D eigenvalue weighted by molar-refractivity contribution is 7.88. The van der Waals surface area contributed by atoms with Gasteiger partial charge in [0, 0.05) is 17.6 Å². The summed E-state index contributed by atoms with van der Waals surface area (Å²) in [7, 11) is -2.14. The average molecular weight is 464 g/mol. The molecule has 0 aromatic heterocycles. The molecule has 2 aromatic rings. The molecule has 10 heteroatoms. The van der Waals surface area contributed by atoms with Gasteiger partial charge >= 0.3 is 6.03 Å². The maximum Gasteiger partial charge on any atom is 0.332 e. The number of hydrogen-bond acceptors (Lipinski definition) is 5. The quantitative estimate of drug-likeness (QED) is 0.664. The molecule has 2 aliphatic heterocycles. The van der Waals surface area contributed by atoms with Gasteiger partial charge in [-0.2, -0.15) is 0 Å². The van der Waals surface area contributed by atoms with Crippen molar-refractivity contribution in [2.45, 2.75) is 30.7 Å². The van der Waals surface area contributed by atoms with Gasteiger partial charge in [0.15, 0.2) is 0 Å². The Hall–Kier alpha value is -2.62. The van der Waals surface area contributed by atoms with Crippen molar-refractivity contribution in [1.29, 1.82) is 0 Å². The Balaban J connectivity index is 1.50. The zero-order chi connectivity index (χ0) is 22.2. The van der Waals surface area contributed by atoms with Crippen LogP contribution in [0.1, 0.15) is 18.4 Å². The summed E-state index contributed by atoms with van der Waals surface area (Å²) in [6, 6.07) is 12.0. The number of nitrogens with one attached hydrogen (secondary N) is 1. The molecule has 2 unspecified atom stereocenters. The van der Waals surface area contributed by atoms with Gasteiger partial charge in [0.2, 0.25) is 10.0 Å². The lowest BCUT2D eigenvalue weighted by Crippen LogP contribution is -2.49. The summed E-state index contributed by atoms with van der Waals surface area (Å²) < 4.78 is 33.2. The molecule has 2 fully saturated rings. The van der Waals surface area contributed by atoms with Crippen molar-refractivity contribution in [2.24, 2.45) is 0 Å². The molecule has 3 amide bonds. The second kappa shape index (κ2) is 8.49. The lowest BCUT2D eigenvalue weighted by molar-refractivity contribution is -0.120. The Kier molecular flexibility index (Phi) is 5.92. The number of halogens is 1. The number of benzene rings is 2. The van der Waals surface area contributed by atoms with Crippen LogP contribution < -0.4 is 14.4 Å². The lowest BCUT2D eigenvalue weighted by Gasteiger charge is -2.32. The number of hydrogen-bond donors (Lipinski definition) is 1. The molecule has 31 heavy (non-hydrogen) atoms. The normalized spacial score (nSPS) is 21.4. The van der Waals surface area contributed by atoms with Crippen molar-refractivity contribution in [1.82, 2.24) is 9.62 Å². The summed E-state index contributed by atoms with van der Waals surface area (Å²) in [5.74, 6) is -0.208. The standard InChI is InChI=1S/C21H22ClN3O5S/c1-30-19-8-7-15(22)11-17(19)25-20(26)18-12-16(9-10-24(18)21(25)27)23-31(28,29)13-14-5-3-2-4-6-14/h2-8,11,16,18,23H,9-10,12-13H2,1H3. The number of methoxy groups -OCH3 is 1. The third kappa shape index (κ3) is 4.39. The van der Waals surface area contributed by atoms with E-state index in [1.807, 2.05) is 6.07 Å². The number of nitrogens with zero attached hydrogens (tertiary/aromatic N) is 2. The van der Waals surface area contributed by atoms with E-state index in [-0.39, 0.29) is 24.4 Å². The van der Waals surface area contributed by atoms with Crippen molar-refractivity contribution < 1.29 is 22.7 Å². The van der Waals surface area contributed by atoms with Gasteiger partial charge in [-0.1, -0.05) is 41.9 Å². The summed E-state index contributed by atoms with van der Waals surface area (Å²) in [5.41, 5.74) is 0.958. The van der Waals surface area contributed by atoms with Crippen LogP contribution in [0.5, 0.6) is 5.75 Å². The lowest BCUT2D eigenvalue weighted by atomic mass is 9.99. The zero-order valence-corrected chi connectivity index (χ0v) is 18.4. The summed E-state index contributed by atoms with van der Waals surface area (Å²) in [4.78, 5) is 28.6. The molecule has 0 saturated carbocycles. The molecule has 2 aliphatic rings. The van der Waals surface area contributed by atoms with Crippen LogP contribution in [-0.4, -0.2) is 51.0 Å². The van der Waals surface area contributed by atoms with E-state index >= 15 is 0 Å². The topological polar surface area (TPSA) is 96.0 Å². The van der Waals surface area contributed by atoms with Crippen molar-refractivity contribution >= 4 is 39.2 Å². The summed E-state index contributed by atoms with van der Waals surface area (Å²) in [6.07, 6.45) is 0.627. The fourth-order valence-corrected chi connectivity index (χ4v) is 5.66. The Bertz CT molecular complexity index is 1110. The number of amides is 3. The fourth-order valence-electron chi connectivity index (χ4n) is 4.06. The second-order valence-electron chi connectivity index (χ2n) is 7.57. The van der Waals surface area contributed by atoms with Crippen LogP contribution in [0.25, 0.3) is 0 Å². The van der Waals surface area contributed by atoms with Crippen LogP contribution in [0.4, 0.5) is 10.5 Å². The minimum absolute atomic E-state index is 0.141. The molecule has 0 aliphatic carbocycles. The minimum atomic E-state index is -3.59. The highest BCUT2D eigenvalue weighted by Gasteiger charge is 2.49. The molecule has 2 aromatic carbocycles. The molecule has 2 saturated heterocycles. The van der Waals surface area contributed by atoms with Gasteiger partial charge < -0.3 is 9.64 Å². The number of sulfonamides is 1. The first kappa shape index (κ1) is 21.6. The van der Waals surface area contributed by atoms with Gasteiger partial charge in [-0.25, -0.2) is 22.8 Å². The molecule has 2 heterocycles. The summed E-state index contributed by atoms with van der Waals surface area (Å²) in [5, 5.41) is 0.368. The van der Waals surface area contributed by atoms with Crippen molar-refractivity contribution in [2.75, 3.05) is 18.6 Å². The Labute approximate surface area is 185 Å². The van der Waals surface area contributed by atoms with Crippen molar-refractivity contribution in [3.63, 3.8) is 0 Å². The maximum atomic E-state index is 13.1. The van der Waals surface area contributed by atoms with Crippen molar-refractivity contribution in [3.8, 4) is 5.75 Å². The predicted molar refractivity (Wildman–Crippen MR) is 117 cm³/mol. The van der Waals surface area contributed by atoms with Gasteiger partial charge in [-0.05, 0) is 36.6 Å². The Morgan fingerprint density at radius 1 is 1.16 bits per heavy atom. The average Bonchev–Trinajstić information content (AvgIpc) is 2.97. The van der Waals surface area contributed by atoms with Gasteiger partial charge in [-0.3, -0.25) is 4.79 Å². The smallest absolute Gasteiger partial charge is 0.332 e. The summed E-state index contributed by atoms with van der Waals surface area (Å²) in [6.45, 7) is 0.271. The van der Waals surface area contributed by atoms with Gasteiger partial charge in [0.1, 0.15) is 11.8 Å². The van der Waals surface area contributed by atoms with E-state index in [9.17, 15) is 18.0 Å². The van der Waals surface area contributed by atoms with Gasteiger partial charge in [0.25, 0.3) is 5.91 Å². The molecule has 4 rings (SSSR count). The van der Waals surface area contributed by atoms with E-state index in [1.165, 1.54) is 18.1 Å².